The van der Waals surface area contributed by atoms with E-state index in [1.165, 1.54) is 160 Å². The van der Waals surface area contributed by atoms with E-state index in [0.717, 1.165) is 21.7 Å². The van der Waals surface area contributed by atoms with Crippen molar-refractivity contribution in [1.29, 1.82) is 0 Å². The van der Waals surface area contributed by atoms with Crippen LogP contribution in [-0.2, 0) is 0 Å². The zero-order chi connectivity index (χ0) is 65.1. The molecule has 13 fully saturated rings. The first kappa shape index (κ1) is 86.1. The van der Waals surface area contributed by atoms with Gasteiger partial charge in [-0.3, -0.25) is 0 Å². The summed E-state index contributed by atoms with van der Waals surface area (Å²) in [6, 6.07) is 0. The Labute approximate surface area is 538 Å². The van der Waals surface area contributed by atoms with Crippen LogP contribution in [0.25, 0.3) is 0 Å². The monoisotopic (exact) mass is 1180 g/mol. The molecule has 84 heavy (non-hydrogen) atoms. The summed E-state index contributed by atoms with van der Waals surface area (Å²) in [5.74, 6) is 2.38. The molecule has 0 aromatic heterocycles. The van der Waals surface area contributed by atoms with E-state index < -0.39 is 0 Å². The number of hydrogen-bond acceptors (Lipinski definition) is 0. The van der Waals surface area contributed by atoms with Crippen LogP contribution in [0.5, 0.6) is 0 Å². The topological polar surface area (TPSA) is 0 Å². The van der Waals surface area contributed by atoms with Crippen molar-refractivity contribution in [2.45, 2.75) is 470 Å². The van der Waals surface area contributed by atoms with E-state index in [1.54, 1.807) is 128 Å². The summed E-state index contributed by atoms with van der Waals surface area (Å²) in [6.07, 6.45) is 64.4. The minimum absolute atomic E-state index is 0.542. The van der Waals surface area contributed by atoms with Gasteiger partial charge in [-0.1, -0.05) is 354 Å². The molecule has 0 heterocycles. The minimum atomic E-state index is 0.542. The second kappa shape index (κ2) is 42.2. The minimum Gasteiger partial charge on any atom is -0.0649 e. The molecule has 0 atom stereocenters. The maximum absolute atomic E-state index is 2.24. The van der Waals surface area contributed by atoms with Gasteiger partial charge in [0.1, 0.15) is 0 Å². The predicted molar refractivity (Wildman–Crippen MR) is 391 cm³/mol. The van der Waals surface area contributed by atoms with Gasteiger partial charge in [0, 0.05) is 0 Å². The molecule has 2 bridgehead atoms. The third-order valence-corrected chi connectivity index (χ3v) is 22.4. The molecule has 13 saturated carbocycles. The van der Waals surface area contributed by atoms with E-state index in [0.29, 0.717) is 37.9 Å². The molecule has 4 spiro atoms. The molecule has 0 aliphatic heterocycles. The summed E-state index contributed by atoms with van der Waals surface area (Å²) in [5.41, 5.74) is 7.58. The molecule has 13 aliphatic carbocycles. The third-order valence-electron chi connectivity index (χ3n) is 22.4. The first-order valence-corrected chi connectivity index (χ1v) is 38.5. The Morgan fingerprint density at radius 2 is 0.310 bits per heavy atom. The Hall–Kier alpha value is 0. The van der Waals surface area contributed by atoms with E-state index in [9.17, 15) is 0 Å². The lowest BCUT2D eigenvalue weighted by atomic mass is 9.56. The quantitative estimate of drug-likeness (QED) is 0.227. The normalized spacial score (nSPS) is 23.4. The van der Waals surface area contributed by atoms with Crippen molar-refractivity contribution in [3.8, 4) is 0 Å². The van der Waals surface area contributed by atoms with Crippen molar-refractivity contribution >= 4 is 0 Å². The summed E-state index contributed by atoms with van der Waals surface area (Å²) in [4.78, 5) is 0. The molecule has 0 aromatic carbocycles. The van der Waals surface area contributed by atoms with Crippen molar-refractivity contribution < 1.29 is 0 Å². The first-order valence-electron chi connectivity index (χ1n) is 38.5. The van der Waals surface area contributed by atoms with Gasteiger partial charge in [0.05, 0.1) is 0 Å². The number of hydrogen-bond donors (Lipinski definition) is 0. The van der Waals surface area contributed by atoms with Crippen LogP contribution in [0.4, 0.5) is 0 Å². The van der Waals surface area contributed by atoms with Crippen LogP contribution in [0.1, 0.15) is 470 Å². The Kier molecular flexibility index (Phi) is 43.2. The highest BCUT2D eigenvalue weighted by atomic mass is 14.5. The standard InChI is InChI=1S/C8H14.2C7H12.2C6H10.7C6H14.2C4H8/c1-2-4-8(5-3-1)6-7-8;1-3-7(4-1)5-2-6-7;1-2-4-7(3-1)5-6-7;1-2-6-3-5(1)4-6;1-2-6(3-1)4-5-6;7*1-5-6(2,3)4;2*1-2-4-3-1/h1-7H2;2*1-6H2;5-6H,1-4H2;1-5H2;7*5H2,1-4H3;2*1-4H2. The first-order chi connectivity index (χ1) is 38.5. The summed E-state index contributed by atoms with van der Waals surface area (Å²) in [6.45, 7) is 62.6. The fraction of sp³-hybridized carbons (Fsp3) is 1.00. The molecule has 508 valence electrons. The Morgan fingerprint density at radius 1 is 0.190 bits per heavy atom. The van der Waals surface area contributed by atoms with Crippen molar-refractivity contribution in [2.24, 2.45) is 71.4 Å². The van der Waals surface area contributed by atoms with Gasteiger partial charge in [-0.25, -0.2) is 0 Å². The summed E-state index contributed by atoms with van der Waals surface area (Å²) in [7, 11) is 0. The molecule has 0 radical (unpaired) electrons. The van der Waals surface area contributed by atoms with Crippen LogP contribution >= 0.6 is 0 Å². The van der Waals surface area contributed by atoms with Gasteiger partial charge in [-0.15, -0.1) is 0 Å². The van der Waals surface area contributed by atoms with Crippen LogP contribution in [0.3, 0.4) is 0 Å². The molecule has 0 amide bonds. The maximum atomic E-state index is 2.24. The lowest BCUT2D eigenvalue weighted by Gasteiger charge is -2.49. The fourth-order valence-electron chi connectivity index (χ4n) is 9.30. The zero-order valence-corrected chi connectivity index (χ0v) is 65.1. The third kappa shape index (κ3) is 53.8. The smallest absolute Gasteiger partial charge is 0.0297 e. The van der Waals surface area contributed by atoms with Crippen LogP contribution < -0.4 is 0 Å². The largest absolute Gasteiger partial charge is 0.0649 e. The van der Waals surface area contributed by atoms with Gasteiger partial charge in [-0.2, -0.15) is 0 Å². The van der Waals surface area contributed by atoms with E-state index >= 15 is 0 Å². The maximum Gasteiger partial charge on any atom is -0.0297 e. The van der Waals surface area contributed by atoms with Gasteiger partial charge < -0.3 is 0 Å². The van der Waals surface area contributed by atoms with Crippen LogP contribution in [0.15, 0.2) is 0 Å². The van der Waals surface area contributed by atoms with Crippen molar-refractivity contribution in [2.75, 3.05) is 0 Å². The second-order valence-electron chi connectivity index (χ2n) is 38.8. The van der Waals surface area contributed by atoms with Gasteiger partial charge in [0.25, 0.3) is 0 Å². The highest BCUT2D eigenvalue weighted by molar-refractivity contribution is 4.99. The van der Waals surface area contributed by atoms with E-state index in [-0.39, 0.29) is 0 Å². The van der Waals surface area contributed by atoms with Gasteiger partial charge in [0.2, 0.25) is 0 Å². The molecular weight excluding hydrogens is 1010 g/mol. The van der Waals surface area contributed by atoms with Gasteiger partial charge in [-0.05, 0) is 187 Å². The van der Waals surface area contributed by atoms with Crippen molar-refractivity contribution in [3.05, 3.63) is 0 Å². The van der Waals surface area contributed by atoms with Crippen LogP contribution in [-0.4, -0.2) is 0 Å². The fourth-order valence-corrected chi connectivity index (χ4v) is 9.30. The molecule has 0 aromatic rings. The molecule has 0 nitrogen and oxygen atoms in total. The summed E-state index contributed by atoms with van der Waals surface area (Å²) < 4.78 is 0. The zero-order valence-electron chi connectivity index (χ0n) is 65.1. The Morgan fingerprint density at radius 3 is 0.369 bits per heavy atom. The van der Waals surface area contributed by atoms with E-state index in [4.69, 9.17) is 0 Å². The lowest BCUT2D eigenvalue weighted by molar-refractivity contribution is 0.0314. The van der Waals surface area contributed by atoms with E-state index in [1.807, 2.05) is 0 Å². The second-order valence-corrected chi connectivity index (χ2v) is 38.8. The van der Waals surface area contributed by atoms with Crippen LogP contribution in [0, 0.1) is 71.4 Å². The summed E-state index contributed by atoms with van der Waals surface area (Å²) >= 11 is 0. The van der Waals surface area contributed by atoms with Gasteiger partial charge in [0.15, 0.2) is 0 Å². The van der Waals surface area contributed by atoms with Crippen LogP contribution in [0.2, 0.25) is 0 Å². The Balaban J connectivity index is 0. The van der Waals surface area contributed by atoms with Gasteiger partial charge >= 0.3 is 0 Å². The predicted octanol–water partition coefficient (Wildman–Crippen LogP) is 31.4. The molecule has 0 heteroatoms. The highest BCUT2D eigenvalue weighted by Crippen LogP contribution is 2.61. The number of rotatable bonds is 0. The number of fused-ring (bicyclic) bond motifs is 1. The van der Waals surface area contributed by atoms with E-state index in [2.05, 4.69) is 194 Å². The van der Waals surface area contributed by atoms with Crippen molar-refractivity contribution in [3.63, 3.8) is 0 Å². The molecule has 13 aliphatic rings. The Bertz CT molecular complexity index is 1260. The molecule has 0 N–H and O–H groups in total. The average Bonchev–Trinajstić information content (AvgIpc) is 4.26. The average molecular weight is 1180 g/mol. The lowest BCUT2D eigenvalue weighted by Crippen LogP contribution is -2.35. The highest BCUT2D eigenvalue weighted by Gasteiger charge is 2.47. The molecule has 0 saturated heterocycles. The summed E-state index contributed by atoms with van der Waals surface area (Å²) in [5, 5.41) is 0. The SMILES string of the molecule is C1CC2(C1)CC2.C1CC2(C1)CCC2.C1CC2CC1C2.C1CCC1.C1CCC1.C1CCC2(C1)CC2.C1CCC2(CC1)CC2.CCC(C)(C)C.CCC(C)(C)C.CCC(C)(C)C.CCC(C)(C)C.CCC(C)(C)C.CCC(C)(C)C.CCC(C)(C)C. The van der Waals surface area contributed by atoms with Crippen molar-refractivity contribution in [1.82, 2.24) is 0 Å². The molecule has 13 rings (SSSR count). The molecule has 0 unspecified atom stereocenters. The molecular formula is C84H172.